The summed E-state index contributed by atoms with van der Waals surface area (Å²) in [6.45, 7) is 1.35. The van der Waals surface area contributed by atoms with Crippen molar-refractivity contribution in [2.75, 3.05) is 19.7 Å². The van der Waals surface area contributed by atoms with E-state index in [9.17, 15) is 14.9 Å². The van der Waals surface area contributed by atoms with E-state index in [0.717, 1.165) is 12.0 Å². The van der Waals surface area contributed by atoms with Crippen LogP contribution in [-0.4, -0.2) is 40.5 Å². The summed E-state index contributed by atoms with van der Waals surface area (Å²) in [5, 5.41) is 19.6. The lowest BCUT2D eigenvalue weighted by molar-refractivity contribution is -0.384. The van der Waals surface area contributed by atoms with E-state index in [1.54, 1.807) is 23.1 Å². The number of likely N-dealkylation sites (tertiary alicyclic amines) is 1. The smallest absolute Gasteiger partial charge is 0.269 e. The number of non-ortho nitro benzene ring substituents is 1. The Morgan fingerprint density at radius 2 is 2.15 bits per heavy atom. The molecular formula is C14H16N2O4. The zero-order valence-electron chi connectivity index (χ0n) is 10.9. The van der Waals surface area contributed by atoms with Crippen LogP contribution in [0.25, 0.3) is 6.08 Å². The Bertz CT molecular complexity index is 524. The molecule has 0 aromatic heterocycles. The van der Waals surface area contributed by atoms with Crippen LogP contribution in [0.15, 0.2) is 30.3 Å². The number of nitro benzene ring substituents is 1. The van der Waals surface area contributed by atoms with E-state index in [0.29, 0.717) is 13.1 Å². The fourth-order valence-electron chi connectivity index (χ4n) is 2.16. The number of carbonyl (C=O) groups is 1. The third kappa shape index (κ3) is 3.42. The maximum Gasteiger partial charge on any atom is 0.269 e. The van der Waals surface area contributed by atoms with Crippen molar-refractivity contribution in [3.8, 4) is 0 Å². The molecule has 1 fully saturated rings. The number of nitrogens with zero attached hydrogens (tertiary/aromatic N) is 2. The number of benzene rings is 1. The van der Waals surface area contributed by atoms with Gasteiger partial charge in [-0.05, 0) is 30.2 Å². The Morgan fingerprint density at radius 1 is 1.45 bits per heavy atom. The monoisotopic (exact) mass is 276 g/mol. The lowest BCUT2D eigenvalue weighted by Crippen LogP contribution is -2.27. The van der Waals surface area contributed by atoms with E-state index in [1.807, 2.05) is 0 Å². The van der Waals surface area contributed by atoms with Gasteiger partial charge in [0.05, 0.1) is 4.92 Å². The predicted octanol–water partition coefficient (Wildman–Crippen LogP) is 1.45. The molecule has 0 radical (unpaired) electrons. The molecule has 1 saturated heterocycles. The number of rotatable bonds is 4. The topological polar surface area (TPSA) is 83.7 Å². The summed E-state index contributed by atoms with van der Waals surface area (Å²) in [4.78, 5) is 23.7. The zero-order valence-corrected chi connectivity index (χ0v) is 10.9. The van der Waals surface area contributed by atoms with E-state index in [4.69, 9.17) is 5.11 Å². The van der Waals surface area contributed by atoms with Crippen molar-refractivity contribution in [2.45, 2.75) is 6.42 Å². The number of nitro groups is 1. The standard InChI is InChI=1S/C14H16N2O4/c17-10-12-7-8-15(9-12)14(18)6-3-11-1-4-13(5-2-11)16(19)20/h1-6,12,17H,7-10H2. The van der Waals surface area contributed by atoms with Crippen molar-refractivity contribution in [1.82, 2.24) is 4.90 Å². The molecule has 106 valence electrons. The molecule has 6 heteroatoms. The van der Waals surface area contributed by atoms with Crippen molar-refractivity contribution in [3.05, 3.63) is 46.0 Å². The Morgan fingerprint density at radius 3 is 2.70 bits per heavy atom. The van der Waals surface area contributed by atoms with Crippen LogP contribution in [-0.2, 0) is 4.79 Å². The first-order chi connectivity index (χ1) is 9.60. The largest absolute Gasteiger partial charge is 0.396 e. The molecule has 1 aromatic rings. The number of hydrogen-bond donors (Lipinski definition) is 1. The van der Waals surface area contributed by atoms with Crippen LogP contribution in [0, 0.1) is 16.0 Å². The maximum absolute atomic E-state index is 11.9. The van der Waals surface area contributed by atoms with Crippen molar-refractivity contribution in [2.24, 2.45) is 5.92 Å². The highest BCUT2D eigenvalue weighted by molar-refractivity contribution is 5.92. The van der Waals surface area contributed by atoms with Gasteiger partial charge in [0.1, 0.15) is 0 Å². The molecule has 6 nitrogen and oxygen atoms in total. The van der Waals surface area contributed by atoms with Gasteiger partial charge in [-0.25, -0.2) is 0 Å². The number of carbonyl (C=O) groups excluding carboxylic acids is 1. The van der Waals surface area contributed by atoms with Crippen LogP contribution in [0.3, 0.4) is 0 Å². The summed E-state index contributed by atoms with van der Waals surface area (Å²) in [7, 11) is 0. The van der Waals surface area contributed by atoms with Crippen molar-refractivity contribution in [1.29, 1.82) is 0 Å². The average Bonchev–Trinajstić information content (AvgIpc) is 2.94. The van der Waals surface area contributed by atoms with Gasteiger partial charge < -0.3 is 10.0 Å². The summed E-state index contributed by atoms with van der Waals surface area (Å²) in [5.41, 5.74) is 0.765. The molecule has 1 amide bonds. The van der Waals surface area contributed by atoms with E-state index >= 15 is 0 Å². The second kappa shape index (κ2) is 6.29. The van der Waals surface area contributed by atoms with Gasteiger partial charge in [-0.2, -0.15) is 0 Å². The van der Waals surface area contributed by atoms with E-state index < -0.39 is 4.92 Å². The number of hydrogen-bond acceptors (Lipinski definition) is 4. The second-order valence-electron chi connectivity index (χ2n) is 4.80. The van der Waals surface area contributed by atoms with E-state index in [2.05, 4.69) is 0 Å². The van der Waals surface area contributed by atoms with Crippen LogP contribution in [0.5, 0.6) is 0 Å². The van der Waals surface area contributed by atoms with Gasteiger partial charge in [0, 0.05) is 43.8 Å². The predicted molar refractivity (Wildman–Crippen MR) is 73.9 cm³/mol. The highest BCUT2D eigenvalue weighted by Crippen LogP contribution is 2.16. The molecule has 1 N–H and O–H groups in total. The first kappa shape index (κ1) is 14.2. The van der Waals surface area contributed by atoms with Gasteiger partial charge in [0.2, 0.25) is 5.91 Å². The van der Waals surface area contributed by atoms with Crippen LogP contribution in [0.2, 0.25) is 0 Å². The zero-order chi connectivity index (χ0) is 14.5. The summed E-state index contributed by atoms with van der Waals surface area (Å²) in [6.07, 6.45) is 3.92. The SMILES string of the molecule is O=C(C=Cc1ccc([N+](=O)[O-])cc1)N1CCC(CO)C1. The lowest BCUT2D eigenvalue weighted by atomic mass is 10.1. The molecule has 1 aliphatic heterocycles. The van der Waals surface area contributed by atoms with E-state index in [1.165, 1.54) is 18.2 Å². The summed E-state index contributed by atoms with van der Waals surface area (Å²) < 4.78 is 0. The molecule has 2 rings (SSSR count). The molecular weight excluding hydrogens is 260 g/mol. The minimum absolute atomic E-state index is 0.0267. The highest BCUT2D eigenvalue weighted by Gasteiger charge is 2.23. The lowest BCUT2D eigenvalue weighted by Gasteiger charge is -2.13. The molecule has 20 heavy (non-hydrogen) atoms. The first-order valence-electron chi connectivity index (χ1n) is 6.42. The van der Waals surface area contributed by atoms with Gasteiger partial charge in [0.15, 0.2) is 0 Å². The van der Waals surface area contributed by atoms with Gasteiger partial charge in [-0.15, -0.1) is 0 Å². The minimum atomic E-state index is -0.460. The number of amides is 1. The number of aliphatic hydroxyl groups is 1. The molecule has 1 atom stereocenters. The summed E-state index contributed by atoms with van der Waals surface area (Å²) >= 11 is 0. The molecule has 0 spiro atoms. The Balaban J connectivity index is 1.95. The van der Waals surface area contributed by atoms with Crippen molar-refractivity contribution < 1.29 is 14.8 Å². The summed E-state index contributed by atoms with van der Waals surface area (Å²) in [6, 6.07) is 6.01. The van der Waals surface area contributed by atoms with Crippen LogP contribution < -0.4 is 0 Å². The molecule has 1 aromatic carbocycles. The van der Waals surface area contributed by atoms with Crippen LogP contribution >= 0.6 is 0 Å². The van der Waals surface area contributed by atoms with Gasteiger partial charge in [-0.1, -0.05) is 0 Å². The molecule has 1 heterocycles. The van der Waals surface area contributed by atoms with E-state index in [-0.39, 0.29) is 24.1 Å². The summed E-state index contributed by atoms with van der Waals surface area (Å²) in [5.74, 6) is 0.0750. The quantitative estimate of drug-likeness (QED) is 0.512. The molecule has 0 bridgehead atoms. The third-order valence-electron chi connectivity index (χ3n) is 3.38. The Hall–Kier alpha value is -2.21. The Kier molecular flexibility index (Phi) is 4.47. The van der Waals surface area contributed by atoms with Gasteiger partial charge in [-0.3, -0.25) is 14.9 Å². The normalized spacial score (nSPS) is 18.6. The first-order valence-corrected chi connectivity index (χ1v) is 6.42. The fraction of sp³-hybridized carbons (Fsp3) is 0.357. The number of aliphatic hydroxyl groups excluding tert-OH is 1. The van der Waals surface area contributed by atoms with Gasteiger partial charge in [0.25, 0.3) is 5.69 Å². The van der Waals surface area contributed by atoms with Crippen LogP contribution in [0.1, 0.15) is 12.0 Å². The maximum atomic E-state index is 11.9. The average molecular weight is 276 g/mol. The van der Waals surface area contributed by atoms with Crippen LogP contribution in [0.4, 0.5) is 5.69 Å². The van der Waals surface area contributed by atoms with Crippen molar-refractivity contribution >= 4 is 17.7 Å². The molecule has 0 saturated carbocycles. The Labute approximate surface area is 116 Å². The minimum Gasteiger partial charge on any atom is -0.396 e. The third-order valence-corrected chi connectivity index (χ3v) is 3.38. The molecule has 1 unspecified atom stereocenters. The second-order valence-corrected chi connectivity index (χ2v) is 4.80. The van der Waals surface area contributed by atoms with Gasteiger partial charge >= 0.3 is 0 Å². The molecule has 1 aliphatic rings. The fourth-order valence-corrected chi connectivity index (χ4v) is 2.16. The highest BCUT2D eigenvalue weighted by atomic mass is 16.6. The van der Waals surface area contributed by atoms with Crippen molar-refractivity contribution in [3.63, 3.8) is 0 Å². The molecule has 0 aliphatic carbocycles.